The minimum Gasteiger partial charge on any atom is -0.293 e. The van der Waals surface area contributed by atoms with Crippen molar-refractivity contribution in [2.45, 2.75) is 20.8 Å². The van der Waals surface area contributed by atoms with Crippen LogP contribution in [0.15, 0.2) is 10.2 Å². The molecule has 0 saturated carbocycles. The van der Waals surface area contributed by atoms with E-state index in [-0.39, 0.29) is 5.56 Å². The van der Waals surface area contributed by atoms with Crippen LogP contribution < -0.4 is 5.56 Å². The van der Waals surface area contributed by atoms with Crippen LogP contribution in [0, 0.1) is 20.8 Å². The predicted octanol–water partition coefficient (Wildman–Crippen LogP) is 1.68. The molecule has 4 heteroatoms. The molecule has 0 bridgehead atoms. The Bertz CT molecular complexity index is 524. The lowest BCUT2D eigenvalue weighted by Gasteiger charge is -2.02. The molecule has 0 atom stereocenters. The summed E-state index contributed by atoms with van der Waals surface area (Å²) in [6.45, 7) is 5.69. The number of thiazole rings is 1. The fraction of sp³-hybridized carbons (Fsp3) is 0.333. The molecule has 3 nitrogen and oxygen atoms in total. The third-order valence-corrected chi connectivity index (χ3v) is 3.30. The molecule has 0 amide bonds. The molecule has 68 valence electrons. The van der Waals surface area contributed by atoms with E-state index in [4.69, 9.17) is 0 Å². The molecule has 2 aromatic heterocycles. The Hall–Kier alpha value is -1.16. The van der Waals surface area contributed by atoms with Crippen molar-refractivity contribution in [1.82, 2.24) is 9.38 Å². The monoisotopic (exact) mass is 194 g/mol. The summed E-state index contributed by atoms with van der Waals surface area (Å²) in [6, 6.07) is 0. The molecule has 0 aliphatic carbocycles. The van der Waals surface area contributed by atoms with Crippen LogP contribution in [0.2, 0.25) is 0 Å². The van der Waals surface area contributed by atoms with Crippen LogP contribution in [0.1, 0.15) is 17.1 Å². The van der Waals surface area contributed by atoms with Gasteiger partial charge in [0, 0.05) is 11.1 Å². The second kappa shape index (κ2) is 2.67. The summed E-state index contributed by atoms with van der Waals surface area (Å²) in [6.07, 6.45) is 0. The quantitative estimate of drug-likeness (QED) is 0.639. The normalized spacial score (nSPS) is 11.0. The highest BCUT2D eigenvalue weighted by molar-refractivity contribution is 7.15. The van der Waals surface area contributed by atoms with Gasteiger partial charge in [-0.05, 0) is 20.8 Å². The zero-order chi connectivity index (χ0) is 9.59. The number of fused-ring (bicyclic) bond motifs is 1. The van der Waals surface area contributed by atoms with E-state index < -0.39 is 0 Å². The number of nitrogens with zero attached hydrogens (tertiary/aromatic N) is 2. The lowest BCUT2D eigenvalue weighted by Crippen LogP contribution is -2.14. The van der Waals surface area contributed by atoms with E-state index in [1.54, 1.807) is 11.3 Å². The molecule has 0 spiro atoms. The average Bonchev–Trinajstić information content (AvgIpc) is 2.44. The van der Waals surface area contributed by atoms with E-state index in [0.717, 1.165) is 21.9 Å². The zero-order valence-corrected chi connectivity index (χ0v) is 8.60. The molecular formula is C9H10N2OS. The van der Waals surface area contributed by atoms with Gasteiger partial charge in [-0.2, -0.15) is 4.98 Å². The van der Waals surface area contributed by atoms with Crippen LogP contribution in [-0.4, -0.2) is 9.38 Å². The highest BCUT2D eigenvalue weighted by atomic mass is 32.1. The Balaban J connectivity index is 3.08. The number of hydrogen-bond acceptors (Lipinski definition) is 3. The molecule has 0 saturated heterocycles. The first kappa shape index (κ1) is 8.44. The molecule has 0 N–H and O–H groups in total. The van der Waals surface area contributed by atoms with Gasteiger partial charge >= 0.3 is 0 Å². The Labute approximate surface area is 79.7 Å². The molecule has 0 aromatic carbocycles. The van der Waals surface area contributed by atoms with Gasteiger partial charge in [0.2, 0.25) is 0 Å². The lowest BCUT2D eigenvalue weighted by molar-refractivity contribution is 0.929. The van der Waals surface area contributed by atoms with Gasteiger partial charge in [-0.3, -0.25) is 9.20 Å². The first-order valence-corrected chi connectivity index (χ1v) is 4.93. The maximum atomic E-state index is 11.3. The lowest BCUT2D eigenvalue weighted by atomic mass is 10.3. The molecule has 2 rings (SSSR count). The highest BCUT2D eigenvalue weighted by Gasteiger charge is 2.07. The van der Waals surface area contributed by atoms with Gasteiger partial charge in [0.05, 0.1) is 5.56 Å². The van der Waals surface area contributed by atoms with Crippen LogP contribution in [-0.2, 0) is 0 Å². The number of aromatic nitrogens is 2. The molecule has 2 aromatic rings. The van der Waals surface area contributed by atoms with Crippen LogP contribution in [0.3, 0.4) is 0 Å². The number of rotatable bonds is 0. The van der Waals surface area contributed by atoms with E-state index in [2.05, 4.69) is 4.98 Å². The van der Waals surface area contributed by atoms with E-state index in [1.165, 1.54) is 0 Å². The largest absolute Gasteiger partial charge is 0.293 e. The topological polar surface area (TPSA) is 34.4 Å². The summed E-state index contributed by atoms with van der Waals surface area (Å²) in [5.41, 5.74) is 1.76. The maximum absolute atomic E-state index is 11.3. The average molecular weight is 194 g/mol. The van der Waals surface area contributed by atoms with Gasteiger partial charge in [0.15, 0.2) is 0 Å². The highest BCUT2D eigenvalue weighted by Crippen LogP contribution is 2.17. The Morgan fingerprint density at radius 2 is 2.08 bits per heavy atom. The molecule has 0 unspecified atom stereocenters. The van der Waals surface area contributed by atoms with Gasteiger partial charge in [-0.15, -0.1) is 11.3 Å². The molecule has 2 heterocycles. The molecule has 13 heavy (non-hydrogen) atoms. The summed E-state index contributed by atoms with van der Waals surface area (Å²) in [5, 5.41) is 2.04. The SMILES string of the molecule is Cc1c(=O)nc(C)n2c(C)csc12. The van der Waals surface area contributed by atoms with Crippen LogP contribution in [0.25, 0.3) is 4.83 Å². The van der Waals surface area contributed by atoms with Crippen molar-refractivity contribution in [3.05, 3.63) is 32.8 Å². The molecule has 0 fully saturated rings. The van der Waals surface area contributed by atoms with Crippen molar-refractivity contribution >= 4 is 16.2 Å². The van der Waals surface area contributed by atoms with Crippen molar-refractivity contribution in [1.29, 1.82) is 0 Å². The van der Waals surface area contributed by atoms with Gasteiger partial charge in [-0.1, -0.05) is 0 Å². The third-order valence-electron chi connectivity index (χ3n) is 2.13. The second-order valence-corrected chi connectivity index (χ2v) is 3.96. The first-order chi connectivity index (χ1) is 6.11. The zero-order valence-electron chi connectivity index (χ0n) is 7.79. The summed E-state index contributed by atoms with van der Waals surface area (Å²) in [5.74, 6) is 0.768. The van der Waals surface area contributed by atoms with Crippen molar-refractivity contribution in [3.8, 4) is 0 Å². The first-order valence-electron chi connectivity index (χ1n) is 4.05. The van der Waals surface area contributed by atoms with E-state index >= 15 is 0 Å². The Kier molecular flexibility index (Phi) is 1.73. The Morgan fingerprint density at radius 1 is 1.38 bits per heavy atom. The minimum atomic E-state index is -0.112. The molecular weight excluding hydrogens is 184 g/mol. The molecule has 0 aliphatic rings. The van der Waals surface area contributed by atoms with Crippen molar-refractivity contribution in [2.75, 3.05) is 0 Å². The number of hydrogen-bond donors (Lipinski definition) is 0. The predicted molar refractivity (Wildman–Crippen MR) is 53.6 cm³/mol. The molecule has 0 radical (unpaired) electrons. The summed E-state index contributed by atoms with van der Waals surface area (Å²) < 4.78 is 2.02. The maximum Gasteiger partial charge on any atom is 0.277 e. The number of aryl methyl sites for hydroxylation is 3. The summed E-state index contributed by atoms with van der Waals surface area (Å²) >= 11 is 1.59. The van der Waals surface area contributed by atoms with Gasteiger partial charge < -0.3 is 0 Å². The van der Waals surface area contributed by atoms with E-state index in [9.17, 15) is 4.79 Å². The van der Waals surface area contributed by atoms with Crippen molar-refractivity contribution in [3.63, 3.8) is 0 Å². The van der Waals surface area contributed by atoms with E-state index in [0.29, 0.717) is 0 Å². The van der Waals surface area contributed by atoms with Crippen LogP contribution >= 0.6 is 11.3 Å². The van der Waals surface area contributed by atoms with Crippen LogP contribution in [0.4, 0.5) is 0 Å². The van der Waals surface area contributed by atoms with Crippen LogP contribution in [0.5, 0.6) is 0 Å². The standard InChI is InChI=1S/C9H10N2OS/c1-5-4-13-9-6(2)8(12)10-7(3)11(5)9/h4H,1-3H3. The van der Waals surface area contributed by atoms with Crippen molar-refractivity contribution < 1.29 is 0 Å². The van der Waals surface area contributed by atoms with Gasteiger partial charge in [-0.25, -0.2) is 0 Å². The van der Waals surface area contributed by atoms with E-state index in [1.807, 2.05) is 30.6 Å². The van der Waals surface area contributed by atoms with Crippen molar-refractivity contribution in [2.24, 2.45) is 0 Å². The summed E-state index contributed by atoms with van der Waals surface area (Å²) in [4.78, 5) is 16.3. The fourth-order valence-electron chi connectivity index (χ4n) is 1.44. The second-order valence-electron chi connectivity index (χ2n) is 3.11. The Morgan fingerprint density at radius 3 is 2.77 bits per heavy atom. The third kappa shape index (κ3) is 1.09. The minimum absolute atomic E-state index is 0.112. The van der Waals surface area contributed by atoms with Gasteiger partial charge in [0.1, 0.15) is 10.7 Å². The smallest absolute Gasteiger partial charge is 0.277 e. The fourth-order valence-corrected chi connectivity index (χ4v) is 2.47. The van der Waals surface area contributed by atoms with Gasteiger partial charge in [0.25, 0.3) is 5.56 Å². The molecule has 0 aliphatic heterocycles. The summed E-state index contributed by atoms with van der Waals surface area (Å²) in [7, 11) is 0.